The van der Waals surface area contributed by atoms with E-state index in [0.717, 1.165) is 37.6 Å². The van der Waals surface area contributed by atoms with Crippen LogP contribution < -0.4 is 0 Å². The van der Waals surface area contributed by atoms with E-state index in [-0.39, 0.29) is 5.91 Å². The van der Waals surface area contributed by atoms with E-state index >= 15 is 0 Å². The van der Waals surface area contributed by atoms with E-state index in [1.165, 1.54) is 0 Å². The van der Waals surface area contributed by atoms with Crippen LogP contribution in [0.25, 0.3) is 0 Å². The lowest BCUT2D eigenvalue weighted by Gasteiger charge is -2.32. The van der Waals surface area contributed by atoms with E-state index < -0.39 is 0 Å². The lowest BCUT2D eigenvalue weighted by molar-refractivity contribution is -0.132. The molecule has 1 aliphatic rings. The molecule has 0 unspecified atom stereocenters. The summed E-state index contributed by atoms with van der Waals surface area (Å²) in [7, 11) is 3.98. The largest absolute Gasteiger partial charge is 0.340 e. The second kappa shape index (κ2) is 4.87. The lowest BCUT2D eigenvalue weighted by Crippen LogP contribution is -2.47. The van der Waals surface area contributed by atoms with Gasteiger partial charge in [0, 0.05) is 38.9 Å². The summed E-state index contributed by atoms with van der Waals surface area (Å²) in [6.07, 6.45) is 0.459. The molecule has 1 aromatic heterocycles. The van der Waals surface area contributed by atoms with Gasteiger partial charge in [-0.3, -0.25) is 9.48 Å². The van der Waals surface area contributed by atoms with Gasteiger partial charge in [0.25, 0.3) is 0 Å². The number of carbonyl (C=O) groups excluding carboxylic acids is 1. The molecule has 5 heteroatoms. The number of aromatic nitrogens is 2. The molecular weight excluding hydrogens is 216 g/mol. The highest BCUT2D eigenvalue weighted by Crippen LogP contribution is 2.07. The van der Waals surface area contributed by atoms with Crippen LogP contribution in [0.3, 0.4) is 0 Å². The van der Waals surface area contributed by atoms with Crippen LogP contribution in [0.5, 0.6) is 0 Å². The van der Waals surface area contributed by atoms with Gasteiger partial charge in [-0.05, 0) is 20.0 Å². The van der Waals surface area contributed by atoms with Gasteiger partial charge in [-0.1, -0.05) is 0 Å². The van der Waals surface area contributed by atoms with E-state index in [1.807, 2.05) is 24.9 Å². The van der Waals surface area contributed by atoms with Gasteiger partial charge >= 0.3 is 0 Å². The van der Waals surface area contributed by atoms with Crippen LogP contribution in [0, 0.1) is 6.92 Å². The Bertz CT molecular complexity index is 405. The molecule has 1 aromatic rings. The standard InChI is InChI=1S/C12H20N4O/c1-10-8-11(15(3)13-10)9-12(17)16-6-4-14(2)5-7-16/h8H,4-7,9H2,1-3H3. The molecule has 0 aromatic carbocycles. The highest BCUT2D eigenvalue weighted by Gasteiger charge is 2.20. The second-order valence-corrected chi connectivity index (χ2v) is 4.76. The minimum absolute atomic E-state index is 0.209. The molecule has 1 saturated heterocycles. The highest BCUT2D eigenvalue weighted by molar-refractivity contribution is 5.78. The summed E-state index contributed by atoms with van der Waals surface area (Å²) in [5.74, 6) is 0.209. The molecule has 1 amide bonds. The lowest BCUT2D eigenvalue weighted by atomic mass is 10.2. The topological polar surface area (TPSA) is 41.4 Å². The zero-order valence-electron chi connectivity index (χ0n) is 10.8. The van der Waals surface area contributed by atoms with Crippen LogP contribution in [-0.2, 0) is 18.3 Å². The maximum atomic E-state index is 12.1. The Balaban J connectivity index is 1.95. The Labute approximate surface area is 102 Å². The minimum atomic E-state index is 0.209. The van der Waals surface area contributed by atoms with Gasteiger partial charge in [-0.25, -0.2) is 0 Å². The predicted molar refractivity (Wildman–Crippen MR) is 65.7 cm³/mol. The number of amides is 1. The van der Waals surface area contributed by atoms with Crippen molar-refractivity contribution < 1.29 is 4.79 Å². The summed E-state index contributed by atoms with van der Waals surface area (Å²) in [5.41, 5.74) is 1.96. The molecule has 0 saturated carbocycles. The fraction of sp³-hybridized carbons (Fsp3) is 0.667. The smallest absolute Gasteiger partial charge is 0.228 e. The van der Waals surface area contributed by atoms with E-state index in [0.29, 0.717) is 6.42 Å². The summed E-state index contributed by atoms with van der Waals surface area (Å²) < 4.78 is 1.79. The zero-order chi connectivity index (χ0) is 12.4. The first kappa shape index (κ1) is 12.1. The Morgan fingerprint density at radius 1 is 1.29 bits per heavy atom. The van der Waals surface area contributed by atoms with E-state index in [9.17, 15) is 4.79 Å². The molecule has 0 spiro atoms. The molecule has 0 atom stereocenters. The Morgan fingerprint density at radius 3 is 2.47 bits per heavy atom. The Kier molecular flexibility index (Phi) is 3.47. The first-order valence-electron chi connectivity index (χ1n) is 6.02. The molecule has 1 fully saturated rings. The molecule has 0 radical (unpaired) electrons. The molecule has 0 bridgehead atoms. The molecule has 5 nitrogen and oxygen atoms in total. The number of carbonyl (C=O) groups is 1. The second-order valence-electron chi connectivity index (χ2n) is 4.76. The number of hydrogen-bond donors (Lipinski definition) is 0. The van der Waals surface area contributed by atoms with Crippen molar-refractivity contribution in [2.24, 2.45) is 7.05 Å². The fourth-order valence-electron chi connectivity index (χ4n) is 2.15. The molecule has 17 heavy (non-hydrogen) atoms. The third-order valence-electron chi connectivity index (χ3n) is 3.29. The number of nitrogens with zero attached hydrogens (tertiary/aromatic N) is 4. The fourth-order valence-corrected chi connectivity index (χ4v) is 2.15. The van der Waals surface area contributed by atoms with Crippen molar-refractivity contribution in [1.82, 2.24) is 19.6 Å². The summed E-state index contributed by atoms with van der Waals surface area (Å²) >= 11 is 0. The van der Waals surface area contributed by atoms with Gasteiger partial charge < -0.3 is 9.80 Å². The van der Waals surface area contributed by atoms with Crippen LogP contribution >= 0.6 is 0 Å². The van der Waals surface area contributed by atoms with Crippen molar-refractivity contribution in [2.75, 3.05) is 33.2 Å². The van der Waals surface area contributed by atoms with Crippen LogP contribution in [0.15, 0.2) is 6.07 Å². The quantitative estimate of drug-likeness (QED) is 0.728. The Morgan fingerprint density at radius 2 is 1.94 bits per heavy atom. The van der Waals surface area contributed by atoms with Gasteiger partial charge in [-0.15, -0.1) is 0 Å². The van der Waals surface area contributed by atoms with Gasteiger partial charge in [-0.2, -0.15) is 5.10 Å². The highest BCUT2D eigenvalue weighted by atomic mass is 16.2. The van der Waals surface area contributed by atoms with Crippen LogP contribution in [0.2, 0.25) is 0 Å². The monoisotopic (exact) mass is 236 g/mol. The SMILES string of the molecule is Cc1cc(CC(=O)N2CCN(C)CC2)n(C)n1. The third kappa shape index (κ3) is 2.85. The summed E-state index contributed by atoms with van der Waals surface area (Å²) in [6.45, 7) is 5.56. The van der Waals surface area contributed by atoms with Gasteiger partial charge in [0.05, 0.1) is 12.1 Å². The van der Waals surface area contributed by atoms with Crippen LogP contribution in [0.4, 0.5) is 0 Å². The molecule has 2 rings (SSSR count). The minimum Gasteiger partial charge on any atom is -0.340 e. The molecule has 0 N–H and O–H groups in total. The number of rotatable bonds is 2. The average Bonchev–Trinajstić information content (AvgIpc) is 2.58. The predicted octanol–water partition coefficient (Wildman–Crippen LogP) is 0.0450. The van der Waals surface area contributed by atoms with Crippen molar-refractivity contribution in [3.63, 3.8) is 0 Å². The van der Waals surface area contributed by atoms with Crippen molar-refractivity contribution in [3.05, 3.63) is 17.5 Å². The molecule has 1 aliphatic heterocycles. The Hall–Kier alpha value is -1.36. The third-order valence-corrected chi connectivity index (χ3v) is 3.29. The first-order valence-corrected chi connectivity index (χ1v) is 6.02. The van der Waals surface area contributed by atoms with E-state index in [4.69, 9.17) is 0 Å². The van der Waals surface area contributed by atoms with Crippen molar-refractivity contribution in [1.29, 1.82) is 0 Å². The van der Waals surface area contributed by atoms with Gasteiger partial charge in [0.2, 0.25) is 5.91 Å². The van der Waals surface area contributed by atoms with E-state index in [2.05, 4.69) is 17.0 Å². The van der Waals surface area contributed by atoms with Crippen LogP contribution in [0.1, 0.15) is 11.4 Å². The van der Waals surface area contributed by atoms with E-state index in [1.54, 1.807) is 4.68 Å². The molecule has 0 aliphatic carbocycles. The zero-order valence-corrected chi connectivity index (χ0v) is 10.8. The number of likely N-dealkylation sites (N-methyl/N-ethyl adjacent to an activating group) is 1. The van der Waals surface area contributed by atoms with Crippen molar-refractivity contribution in [3.8, 4) is 0 Å². The number of piperazine rings is 1. The summed E-state index contributed by atoms with van der Waals surface area (Å²) in [6, 6.07) is 1.98. The first-order chi connectivity index (χ1) is 8.06. The number of hydrogen-bond acceptors (Lipinski definition) is 3. The summed E-state index contributed by atoms with van der Waals surface area (Å²) in [5, 5.41) is 4.26. The van der Waals surface area contributed by atoms with Crippen molar-refractivity contribution in [2.45, 2.75) is 13.3 Å². The maximum absolute atomic E-state index is 12.1. The molecule has 94 valence electrons. The molecule has 2 heterocycles. The maximum Gasteiger partial charge on any atom is 0.228 e. The molecular formula is C12H20N4O. The van der Waals surface area contributed by atoms with Gasteiger partial charge in [0.15, 0.2) is 0 Å². The van der Waals surface area contributed by atoms with Gasteiger partial charge in [0.1, 0.15) is 0 Å². The average molecular weight is 236 g/mol. The van der Waals surface area contributed by atoms with Crippen LogP contribution in [-0.4, -0.2) is 58.7 Å². The number of aryl methyl sites for hydroxylation is 2. The van der Waals surface area contributed by atoms with Crippen molar-refractivity contribution >= 4 is 5.91 Å². The normalized spacial score (nSPS) is 17.5. The summed E-state index contributed by atoms with van der Waals surface area (Å²) in [4.78, 5) is 16.3.